The fourth-order valence-corrected chi connectivity index (χ4v) is 1.90. The molecule has 0 unspecified atom stereocenters. The van der Waals surface area contributed by atoms with Crippen molar-refractivity contribution >= 4 is 0 Å². The second-order valence-corrected chi connectivity index (χ2v) is 4.24. The van der Waals surface area contributed by atoms with Crippen LogP contribution in [0.2, 0.25) is 0 Å². The predicted molar refractivity (Wildman–Crippen MR) is 75.9 cm³/mol. The topological polar surface area (TPSA) is 22.1 Å². The van der Waals surface area contributed by atoms with E-state index in [1.165, 1.54) is 5.56 Å². The lowest BCUT2D eigenvalue weighted by Crippen LogP contribution is -2.06. The van der Waals surface area contributed by atoms with Crippen LogP contribution in [0.25, 0.3) is 0 Å². The fourth-order valence-electron chi connectivity index (χ4n) is 1.90. The summed E-state index contributed by atoms with van der Waals surface area (Å²) in [5, 5.41) is 0. The largest absolute Gasteiger partial charge is 0.489 e. The summed E-state index contributed by atoms with van der Waals surface area (Å²) in [5.41, 5.74) is 4.34. The van der Waals surface area contributed by atoms with Gasteiger partial charge in [0.2, 0.25) is 0 Å². The van der Waals surface area contributed by atoms with Gasteiger partial charge >= 0.3 is 0 Å². The van der Waals surface area contributed by atoms with Crippen LogP contribution in [0.5, 0.6) is 5.75 Å². The van der Waals surface area contributed by atoms with E-state index >= 15 is 0 Å². The van der Waals surface area contributed by atoms with Crippen LogP contribution in [-0.2, 0) is 6.42 Å². The van der Waals surface area contributed by atoms with Crippen molar-refractivity contribution in [3.05, 3.63) is 35.2 Å². The third kappa shape index (κ3) is 3.37. The van der Waals surface area contributed by atoms with Gasteiger partial charge in [0, 0.05) is 28.9 Å². The quantitative estimate of drug-likeness (QED) is 0.583. The van der Waals surface area contributed by atoms with Gasteiger partial charge in [-0.25, -0.2) is 0 Å². The first-order valence-electron chi connectivity index (χ1n) is 6.21. The molecular formula is C16H21NO. The predicted octanol–water partition coefficient (Wildman–Crippen LogP) is 3.53. The van der Waals surface area contributed by atoms with Gasteiger partial charge in [0.15, 0.2) is 0 Å². The van der Waals surface area contributed by atoms with E-state index in [4.69, 9.17) is 4.74 Å². The van der Waals surface area contributed by atoms with Gasteiger partial charge in [-0.1, -0.05) is 12.7 Å². The summed E-state index contributed by atoms with van der Waals surface area (Å²) in [4.78, 5) is 4.57. The maximum Gasteiger partial charge on any atom is 0.129 e. The molecule has 0 atom stereocenters. The maximum absolute atomic E-state index is 5.80. The third-order valence-corrected chi connectivity index (χ3v) is 2.95. The zero-order valence-corrected chi connectivity index (χ0v) is 11.8. The smallest absolute Gasteiger partial charge is 0.129 e. The van der Waals surface area contributed by atoms with E-state index in [-0.39, 0.29) is 0 Å². The molecule has 0 N–H and O–H groups in total. The zero-order chi connectivity index (χ0) is 13.5. The van der Waals surface area contributed by atoms with Crippen LogP contribution in [0.4, 0.5) is 0 Å². The SMILES string of the molecule is C=CCOc1c(C)c(C)nc(C)c1CCC#CC. The van der Waals surface area contributed by atoms with E-state index in [1.54, 1.807) is 6.08 Å². The second-order valence-electron chi connectivity index (χ2n) is 4.24. The second kappa shape index (κ2) is 6.86. The van der Waals surface area contributed by atoms with E-state index in [2.05, 4.69) is 30.3 Å². The van der Waals surface area contributed by atoms with Gasteiger partial charge in [0.05, 0.1) is 0 Å². The molecule has 0 bridgehead atoms. The molecule has 2 heteroatoms. The highest BCUT2D eigenvalue weighted by Crippen LogP contribution is 2.28. The highest BCUT2D eigenvalue weighted by Gasteiger charge is 2.13. The molecule has 0 saturated heterocycles. The third-order valence-electron chi connectivity index (χ3n) is 2.95. The van der Waals surface area contributed by atoms with Crippen molar-refractivity contribution in [3.63, 3.8) is 0 Å². The van der Waals surface area contributed by atoms with E-state index in [0.29, 0.717) is 6.61 Å². The number of hydrogen-bond donors (Lipinski definition) is 0. The Hall–Kier alpha value is -1.75. The van der Waals surface area contributed by atoms with Crippen molar-refractivity contribution in [2.75, 3.05) is 6.61 Å². The van der Waals surface area contributed by atoms with Crippen molar-refractivity contribution < 1.29 is 4.74 Å². The maximum atomic E-state index is 5.80. The van der Waals surface area contributed by atoms with Gasteiger partial charge in [-0.3, -0.25) is 4.98 Å². The number of nitrogens with zero attached hydrogens (tertiary/aromatic N) is 1. The molecule has 1 aromatic heterocycles. The van der Waals surface area contributed by atoms with E-state index in [1.807, 2.05) is 20.8 Å². The summed E-state index contributed by atoms with van der Waals surface area (Å²) < 4.78 is 5.80. The lowest BCUT2D eigenvalue weighted by Gasteiger charge is -2.16. The summed E-state index contributed by atoms with van der Waals surface area (Å²) in [6, 6.07) is 0. The fraction of sp³-hybridized carbons (Fsp3) is 0.438. The highest BCUT2D eigenvalue weighted by atomic mass is 16.5. The number of rotatable bonds is 5. The molecule has 0 fully saturated rings. The lowest BCUT2D eigenvalue weighted by atomic mass is 10.0. The molecule has 0 aliphatic heterocycles. The Balaban J connectivity index is 3.13. The molecule has 0 spiro atoms. The van der Waals surface area contributed by atoms with Crippen LogP contribution in [0.15, 0.2) is 12.7 Å². The molecular weight excluding hydrogens is 222 g/mol. The molecule has 2 nitrogen and oxygen atoms in total. The molecule has 1 rings (SSSR count). The molecule has 1 aromatic rings. The van der Waals surface area contributed by atoms with Gasteiger partial charge in [0.1, 0.15) is 12.4 Å². The van der Waals surface area contributed by atoms with Crippen LogP contribution < -0.4 is 4.74 Å². The van der Waals surface area contributed by atoms with E-state index in [9.17, 15) is 0 Å². The van der Waals surface area contributed by atoms with Crippen LogP contribution >= 0.6 is 0 Å². The number of ether oxygens (including phenoxy) is 1. The molecule has 0 saturated carbocycles. The van der Waals surface area contributed by atoms with E-state index < -0.39 is 0 Å². The normalized spacial score (nSPS) is 9.56. The van der Waals surface area contributed by atoms with Gasteiger partial charge in [-0.15, -0.1) is 11.8 Å². The lowest BCUT2D eigenvalue weighted by molar-refractivity contribution is 0.355. The van der Waals surface area contributed by atoms with Crippen molar-refractivity contribution in [1.29, 1.82) is 0 Å². The standard InChI is InChI=1S/C16H21NO/c1-6-8-9-10-15-14(5)17-13(4)12(3)16(15)18-11-7-2/h7H,2,9-11H2,1,3-5H3. The minimum atomic E-state index is 0.524. The average Bonchev–Trinajstić information content (AvgIpc) is 2.35. The Morgan fingerprint density at radius 1 is 1.28 bits per heavy atom. The van der Waals surface area contributed by atoms with Crippen molar-refractivity contribution in [2.24, 2.45) is 0 Å². The Labute approximate surface area is 110 Å². The molecule has 18 heavy (non-hydrogen) atoms. The molecule has 0 amide bonds. The molecule has 0 radical (unpaired) electrons. The Bertz CT molecular complexity index is 492. The number of hydrogen-bond acceptors (Lipinski definition) is 2. The summed E-state index contributed by atoms with van der Waals surface area (Å²) in [7, 11) is 0. The first-order valence-corrected chi connectivity index (χ1v) is 6.21. The van der Waals surface area contributed by atoms with E-state index in [0.717, 1.165) is 35.5 Å². The Morgan fingerprint density at radius 2 is 2.00 bits per heavy atom. The van der Waals surface area contributed by atoms with Gasteiger partial charge < -0.3 is 4.74 Å². The minimum Gasteiger partial charge on any atom is -0.489 e. The molecule has 0 aliphatic rings. The number of aromatic nitrogens is 1. The first kappa shape index (κ1) is 14.3. The highest BCUT2D eigenvalue weighted by molar-refractivity contribution is 5.45. The van der Waals surface area contributed by atoms with Crippen molar-refractivity contribution in [3.8, 4) is 17.6 Å². The Kier molecular flexibility index (Phi) is 5.45. The first-order chi connectivity index (χ1) is 8.61. The number of pyridine rings is 1. The molecule has 96 valence electrons. The number of aryl methyl sites for hydroxylation is 2. The summed E-state index contributed by atoms with van der Waals surface area (Å²) in [6.45, 7) is 12.2. The van der Waals surface area contributed by atoms with Crippen LogP contribution in [0.3, 0.4) is 0 Å². The molecule has 0 aromatic carbocycles. The van der Waals surface area contributed by atoms with Crippen LogP contribution in [0, 0.1) is 32.6 Å². The van der Waals surface area contributed by atoms with Gasteiger partial charge in [-0.05, 0) is 34.1 Å². The summed E-state index contributed by atoms with van der Waals surface area (Å²) in [6.07, 6.45) is 3.49. The van der Waals surface area contributed by atoms with Crippen LogP contribution in [-0.4, -0.2) is 11.6 Å². The minimum absolute atomic E-state index is 0.524. The summed E-state index contributed by atoms with van der Waals surface area (Å²) in [5.74, 6) is 6.96. The molecule has 1 heterocycles. The Morgan fingerprint density at radius 3 is 2.61 bits per heavy atom. The van der Waals surface area contributed by atoms with Gasteiger partial charge in [0.25, 0.3) is 0 Å². The van der Waals surface area contributed by atoms with Crippen molar-refractivity contribution in [2.45, 2.75) is 40.5 Å². The zero-order valence-electron chi connectivity index (χ0n) is 11.8. The van der Waals surface area contributed by atoms with Gasteiger partial charge in [-0.2, -0.15) is 0 Å². The average molecular weight is 243 g/mol. The molecule has 0 aliphatic carbocycles. The summed E-state index contributed by atoms with van der Waals surface area (Å²) >= 11 is 0. The monoisotopic (exact) mass is 243 g/mol. The van der Waals surface area contributed by atoms with Crippen LogP contribution in [0.1, 0.15) is 35.9 Å². The van der Waals surface area contributed by atoms with Crippen molar-refractivity contribution in [1.82, 2.24) is 4.98 Å².